The average Bonchev–Trinajstić information content (AvgIpc) is 2.40. The highest BCUT2D eigenvalue weighted by Gasteiger charge is 2.03. The second-order valence-corrected chi connectivity index (χ2v) is 5.63. The number of unbranched alkanes of at least 4 members (excludes halogenated alkanes) is 1. The van der Waals surface area contributed by atoms with Crippen molar-refractivity contribution in [1.29, 1.82) is 0 Å². The number of nitrogens with zero attached hydrogens (tertiary/aromatic N) is 1. The van der Waals surface area contributed by atoms with E-state index in [1.54, 1.807) is 7.11 Å². The number of nitrogens with one attached hydrogen (secondary N) is 1. The molecule has 0 aliphatic heterocycles. The molecule has 0 fully saturated rings. The van der Waals surface area contributed by atoms with E-state index in [0.717, 1.165) is 32.8 Å². The summed E-state index contributed by atoms with van der Waals surface area (Å²) in [7, 11) is 3.91. The molecule has 0 bridgehead atoms. The van der Waals surface area contributed by atoms with E-state index in [9.17, 15) is 0 Å². The Morgan fingerprint density at radius 2 is 2.00 bits per heavy atom. The summed E-state index contributed by atoms with van der Waals surface area (Å²) >= 11 is 3.59. The number of rotatable bonds is 10. The highest BCUT2D eigenvalue weighted by atomic mass is 79.9. The lowest BCUT2D eigenvalue weighted by molar-refractivity contribution is 0.199. The Morgan fingerprint density at radius 3 is 2.74 bits per heavy atom. The quantitative estimate of drug-likeness (QED) is 0.668. The Morgan fingerprint density at radius 1 is 1.21 bits per heavy atom. The van der Waals surface area contributed by atoms with Crippen LogP contribution in [0.2, 0.25) is 0 Å². The summed E-state index contributed by atoms with van der Waals surface area (Å²) in [5, 5.41) is 3.37. The zero-order valence-corrected chi connectivity index (χ0v) is 13.6. The first kappa shape index (κ1) is 16.6. The molecule has 3 nitrogen and oxygen atoms in total. The van der Waals surface area contributed by atoms with Crippen LogP contribution in [0.15, 0.2) is 28.7 Å². The zero-order chi connectivity index (χ0) is 13.9. The van der Waals surface area contributed by atoms with Crippen LogP contribution >= 0.6 is 15.9 Å². The third-order valence-electron chi connectivity index (χ3n) is 3.02. The smallest absolute Gasteiger partial charge is 0.0587 e. The SMILES string of the molecule is COCCNCCCCN(C)Cc1ccccc1Br. The van der Waals surface area contributed by atoms with Gasteiger partial charge in [-0.2, -0.15) is 0 Å². The van der Waals surface area contributed by atoms with Crippen LogP contribution in [0.1, 0.15) is 18.4 Å². The van der Waals surface area contributed by atoms with E-state index < -0.39 is 0 Å². The molecule has 0 atom stereocenters. The highest BCUT2D eigenvalue weighted by molar-refractivity contribution is 9.10. The van der Waals surface area contributed by atoms with Gasteiger partial charge in [0.25, 0.3) is 0 Å². The van der Waals surface area contributed by atoms with Crippen molar-refractivity contribution in [3.8, 4) is 0 Å². The summed E-state index contributed by atoms with van der Waals surface area (Å²) in [6, 6.07) is 8.42. The second-order valence-electron chi connectivity index (χ2n) is 4.78. The van der Waals surface area contributed by atoms with E-state index in [1.807, 2.05) is 0 Å². The standard InChI is InChI=1S/C15H25BrN2O/c1-18(11-6-5-9-17-10-12-19-2)13-14-7-3-4-8-15(14)16/h3-4,7-8,17H,5-6,9-13H2,1-2H3. The molecule has 0 saturated heterocycles. The Hall–Kier alpha value is -0.420. The molecule has 1 rings (SSSR count). The minimum atomic E-state index is 0.794. The lowest BCUT2D eigenvalue weighted by Gasteiger charge is -2.17. The van der Waals surface area contributed by atoms with Crippen LogP contribution in [-0.4, -0.2) is 45.3 Å². The van der Waals surface area contributed by atoms with Gasteiger partial charge in [0.2, 0.25) is 0 Å². The Kier molecular flexibility index (Phi) is 9.08. The van der Waals surface area contributed by atoms with Crippen molar-refractivity contribution in [1.82, 2.24) is 10.2 Å². The predicted octanol–water partition coefficient (Wildman–Crippen LogP) is 2.90. The summed E-state index contributed by atoms with van der Waals surface area (Å²) in [6.07, 6.45) is 2.44. The molecule has 19 heavy (non-hydrogen) atoms. The van der Waals surface area contributed by atoms with Gasteiger partial charge in [0, 0.05) is 24.7 Å². The molecule has 0 amide bonds. The normalized spacial score (nSPS) is 11.2. The summed E-state index contributed by atoms with van der Waals surface area (Å²) in [4.78, 5) is 2.37. The number of methoxy groups -OCH3 is 1. The van der Waals surface area contributed by atoms with Crippen molar-refractivity contribution in [2.24, 2.45) is 0 Å². The molecule has 0 radical (unpaired) electrons. The van der Waals surface area contributed by atoms with Crippen molar-refractivity contribution in [3.63, 3.8) is 0 Å². The van der Waals surface area contributed by atoms with Gasteiger partial charge in [0.1, 0.15) is 0 Å². The Balaban J connectivity index is 2.08. The maximum Gasteiger partial charge on any atom is 0.0587 e. The minimum absolute atomic E-state index is 0.794. The van der Waals surface area contributed by atoms with Crippen molar-refractivity contribution in [2.75, 3.05) is 40.4 Å². The van der Waals surface area contributed by atoms with Crippen LogP contribution in [0.4, 0.5) is 0 Å². The molecular weight excluding hydrogens is 304 g/mol. The van der Waals surface area contributed by atoms with Crippen LogP contribution in [0.5, 0.6) is 0 Å². The molecule has 0 aliphatic rings. The number of hydrogen-bond acceptors (Lipinski definition) is 3. The molecule has 0 saturated carbocycles. The van der Waals surface area contributed by atoms with E-state index in [4.69, 9.17) is 4.74 Å². The van der Waals surface area contributed by atoms with Crippen LogP contribution in [0.25, 0.3) is 0 Å². The van der Waals surface area contributed by atoms with Crippen molar-refractivity contribution < 1.29 is 4.74 Å². The lowest BCUT2D eigenvalue weighted by Crippen LogP contribution is -2.23. The highest BCUT2D eigenvalue weighted by Crippen LogP contribution is 2.17. The van der Waals surface area contributed by atoms with Gasteiger partial charge in [0.05, 0.1) is 6.61 Å². The number of halogens is 1. The third-order valence-corrected chi connectivity index (χ3v) is 3.80. The molecule has 0 aliphatic carbocycles. The molecular formula is C15H25BrN2O. The predicted molar refractivity (Wildman–Crippen MR) is 84.5 cm³/mol. The first-order valence-corrected chi connectivity index (χ1v) is 7.65. The van der Waals surface area contributed by atoms with Crippen LogP contribution in [0.3, 0.4) is 0 Å². The molecule has 1 aromatic carbocycles. The van der Waals surface area contributed by atoms with Gasteiger partial charge in [-0.05, 0) is 44.6 Å². The third kappa shape index (κ3) is 7.67. The van der Waals surface area contributed by atoms with Gasteiger partial charge >= 0.3 is 0 Å². The summed E-state index contributed by atoms with van der Waals surface area (Å²) in [6.45, 7) is 4.95. The van der Waals surface area contributed by atoms with Crippen LogP contribution < -0.4 is 5.32 Å². The van der Waals surface area contributed by atoms with E-state index in [-0.39, 0.29) is 0 Å². The summed E-state index contributed by atoms with van der Waals surface area (Å²) in [5.41, 5.74) is 1.35. The fourth-order valence-corrected chi connectivity index (χ4v) is 2.34. The Labute approximate surface area is 125 Å². The molecule has 0 aromatic heterocycles. The largest absolute Gasteiger partial charge is 0.383 e. The molecule has 1 N–H and O–H groups in total. The van der Waals surface area contributed by atoms with E-state index >= 15 is 0 Å². The van der Waals surface area contributed by atoms with Crippen molar-refractivity contribution in [3.05, 3.63) is 34.3 Å². The molecule has 0 unspecified atom stereocenters. The van der Waals surface area contributed by atoms with Gasteiger partial charge in [-0.15, -0.1) is 0 Å². The summed E-state index contributed by atoms with van der Waals surface area (Å²) < 4.78 is 6.19. The second kappa shape index (κ2) is 10.4. The van der Waals surface area contributed by atoms with E-state index in [2.05, 4.69) is 57.5 Å². The Bertz CT molecular complexity index is 347. The first-order valence-electron chi connectivity index (χ1n) is 6.85. The minimum Gasteiger partial charge on any atom is -0.383 e. The molecule has 4 heteroatoms. The maximum absolute atomic E-state index is 4.99. The van der Waals surface area contributed by atoms with E-state index in [1.165, 1.54) is 22.9 Å². The van der Waals surface area contributed by atoms with Crippen LogP contribution in [-0.2, 0) is 11.3 Å². The van der Waals surface area contributed by atoms with E-state index in [0.29, 0.717) is 0 Å². The van der Waals surface area contributed by atoms with Crippen molar-refractivity contribution in [2.45, 2.75) is 19.4 Å². The average molecular weight is 329 g/mol. The zero-order valence-electron chi connectivity index (χ0n) is 12.0. The van der Waals surface area contributed by atoms with Gasteiger partial charge in [0.15, 0.2) is 0 Å². The number of ether oxygens (including phenoxy) is 1. The maximum atomic E-state index is 4.99. The molecule has 1 aromatic rings. The number of hydrogen-bond donors (Lipinski definition) is 1. The first-order chi connectivity index (χ1) is 9.24. The van der Waals surface area contributed by atoms with Gasteiger partial charge < -0.3 is 15.0 Å². The topological polar surface area (TPSA) is 24.5 Å². The van der Waals surface area contributed by atoms with Gasteiger partial charge in [-0.25, -0.2) is 0 Å². The molecule has 108 valence electrons. The van der Waals surface area contributed by atoms with Gasteiger partial charge in [-0.1, -0.05) is 34.1 Å². The summed E-state index contributed by atoms with van der Waals surface area (Å²) in [5.74, 6) is 0. The fourth-order valence-electron chi connectivity index (χ4n) is 1.93. The van der Waals surface area contributed by atoms with Gasteiger partial charge in [-0.3, -0.25) is 0 Å². The molecule has 0 spiro atoms. The van der Waals surface area contributed by atoms with Crippen molar-refractivity contribution >= 4 is 15.9 Å². The molecule has 0 heterocycles. The number of benzene rings is 1. The fraction of sp³-hybridized carbons (Fsp3) is 0.600. The lowest BCUT2D eigenvalue weighted by atomic mass is 10.2. The van der Waals surface area contributed by atoms with Crippen LogP contribution in [0, 0.1) is 0 Å². The monoisotopic (exact) mass is 328 g/mol.